The number of nitrogens with zero attached hydrogens (tertiary/aromatic N) is 2. The molecular formula is C11H11ClN2O. The number of rotatable bonds is 3. The van der Waals surface area contributed by atoms with Crippen LogP contribution >= 0.6 is 11.6 Å². The third kappa shape index (κ3) is 2.18. The number of aryl methyl sites for hydroxylation is 1. The Hall–Kier alpha value is -1.35. The Kier molecular flexibility index (Phi) is 3.02. The first-order valence-electron chi connectivity index (χ1n) is 4.88. The summed E-state index contributed by atoms with van der Waals surface area (Å²) in [5.74, 6) is 1.22. The van der Waals surface area contributed by atoms with Crippen LogP contribution in [0.1, 0.15) is 19.2 Å². The molecule has 0 aliphatic carbocycles. The van der Waals surface area contributed by atoms with E-state index in [1.165, 1.54) is 0 Å². The van der Waals surface area contributed by atoms with E-state index in [4.69, 9.17) is 16.1 Å². The predicted molar refractivity (Wildman–Crippen MR) is 58.7 cm³/mol. The van der Waals surface area contributed by atoms with E-state index in [-0.39, 0.29) is 0 Å². The smallest absolute Gasteiger partial charge is 0.226 e. The topological polar surface area (TPSA) is 38.9 Å². The van der Waals surface area contributed by atoms with Crippen molar-refractivity contribution in [2.75, 3.05) is 0 Å². The van der Waals surface area contributed by atoms with E-state index >= 15 is 0 Å². The van der Waals surface area contributed by atoms with Crippen molar-refractivity contribution in [3.63, 3.8) is 0 Å². The molecule has 2 rings (SSSR count). The van der Waals surface area contributed by atoms with Gasteiger partial charge in [0.25, 0.3) is 0 Å². The highest BCUT2D eigenvalue weighted by Crippen LogP contribution is 2.24. The predicted octanol–water partition coefficient (Wildman–Crippen LogP) is 3.34. The number of aromatic nitrogens is 2. The maximum absolute atomic E-state index is 6.02. The fourth-order valence-electron chi connectivity index (χ4n) is 1.32. The van der Waals surface area contributed by atoms with Gasteiger partial charge in [-0.05, 0) is 18.6 Å². The van der Waals surface area contributed by atoms with Gasteiger partial charge in [0, 0.05) is 12.0 Å². The Morgan fingerprint density at radius 3 is 2.87 bits per heavy atom. The van der Waals surface area contributed by atoms with Crippen molar-refractivity contribution in [1.82, 2.24) is 10.1 Å². The highest BCUT2D eigenvalue weighted by Gasteiger charge is 2.10. The molecule has 0 amide bonds. The second kappa shape index (κ2) is 4.45. The summed E-state index contributed by atoms with van der Waals surface area (Å²) >= 11 is 6.02. The van der Waals surface area contributed by atoms with Crippen LogP contribution in [-0.4, -0.2) is 10.1 Å². The van der Waals surface area contributed by atoms with Crippen LogP contribution in [0.2, 0.25) is 5.02 Å². The van der Waals surface area contributed by atoms with E-state index in [0.29, 0.717) is 16.7 Å². The lowest BCUT2D eigenvalue weighted by Crippen LogP contribution is -1.84. The lowest BCUT2D eigenvalue weighted by atomic mass is 10.2. The van der Waals surface area contributed by atoms with Gasteiger partial charge in [-0.15, -0.1) is 0 Å². The van der Waals surface area contributed by atoms with E-state index in [9.17, 15) is 0 Å². The first-order valence-corrected chi connectivity index (χ1v) is 5.26. The summed E-state index contributed by atoms with van der Waals surface area (Å²) in [6.07, 6.45) is 1.79. The molecule has 0 unspecified atom stereocenters. The van der Waals surface area contributed by atoms with Crippen LogP contribution in [0, 0.1) is 0 Å². The van der Waals surface area contributed by atoms with Gasteiger partial charge in [-0.1, -0.05) is 35.8 Å². The summed E-state index contributed by atoms with van der Waals surface area (Å²) in [5.41, 5.74) is 0.810. The molecule has 15 heavy (non-hydrogen) atoms. The molecule has 1 aromatic heterocycles. The molecule has 1 aromatic carbocycles. The van der Waals surface area contributed by atoms with E-state index in [1.807, 2.05) is 24.3 Å². The van der Waals surface area contributed by atoms with Crippen molar-refractivity contribution < 1.29 is 4.52 Å². The van der Waals surface area contributed by atoms with E-state index in [2.05, 4.69) is 17.1 Å². The molecule has 4 heteroatoms. The van der Waals surface area contributed by atoms with Crippen molar-refractivity contribution in [2.24, 2.45) is 0 Å². The summed E-state index contributed by atoms with van der Waals surface area (Å²) in [6, 6.07) is 7.46. The van der Waals surface area contributed by atoms with E-state index in [0.717, 1.165) is 18.4 Å². The van der Waals surface area contributed by atoms with Crippen LogP contribution in [0.5, 0.6) is 0 Å². The van der Waals surface area contributed by atoms with Gasteiger partial charge in [-0.3, -0.25) is 0 Å². The van der Waals surface area contributed by atoms with E-state index < -0.39 is 0 Å². The Morgan fingerprint density at radius 2 is 2.13 bits per heavy atom. The van der Waals surface area contributed by atoms with Gasteiger partial charge in [-0.2, -0.15) is 4.98 Å². The molecular weight excluding hydrogens is 212 g/mol. The van der Waals surface area contributed by atoms with Gasteiger partial charge in [-0.25, -0.2) is 0 Å². The largest absolute Gasteiger partial charge is 0.339 e. The Bertz CT molecular complexity index is 453. The molecule has 0 N–H and O–H groups in total. The van der Waals surface area contributed by atoms with Gasteiger partial charge < -0.3 is 4.52 Å². The molecule has 0 bridgehead atoms. The summed E-state index contributed by atoms with van der Waals surface area (Å²) in [7, 11) is 0. The minimum Gasteiger partial charge on any atom is -0.339 e. The quantitative estimate of drug-likeness (QED) is 0.800. The minimum atomic E-state index is 0.559. The molecule has 0 saturated heterocycles. The van der Waals surface area contributed by atoms with Crippen molar-refractivity contribution >= 4 is 11.6 Å². The summed E-state index contributed by atoms with van der Waals surface area (Å²) in [6.45, 7) is 2.07. The summed E-state index contributed by atoms with van der Waals surface area (Å²) in [5, 5.41) is 4.54. The van der Waals surface area contributed by atoms with Gasteiger partial charge in [0.05, 0.1) is 5.02 Å². The van der Waals surface area contributed by atoms with Crippen LogP contribution in [0.25, 0.3) is 11.4 Å². The molecule has 1 heterocycles. The molecule has 3 nitrogen and oxygen atoms in total. The molecule has 0 aliphatic rings. The fourth-order valence-corrected chi connectivity index (χ4v) is 1.54. The lowest BCUT2D eigenvalue weighted by molar-refractivity contribution is 0.378. The summed E-state index contributed by atoms with van der Waals surface area (Å²) < 4.78 is 5.09. The Labute approximate surface area is 93.1 Å². The zero-order valence-corrected chi connectivity index (χ0v) is 9.16. The number of halogens is 1. The highest BCUT2D eigenvalue weighted by atomic mass is 35.5. The molecule has 0 fully saturated rings. The Morgan fingerprint density at radius 1 is 1.33 bits per heavy atom. The average Bonchev–Trinajstić information content (AvgIpc) is 2.68. The van der Waals surface area contributed by atoms with Crippen LogP contribution in [0.15, 0.2) is 28.8 Å². The maximum Gasteiger partial charge on any atom is 0.226 e. The van der Waals surface area contributed by atoms with Crippen LogP contribution in [0.3, 0.4) is 0 Å². The third-order valence-corrected chi connectivity index (χ3v) is 2.38. The second-order valence-corrected chi connectivity index (χ2v) is 3.65. The van der Waals surface area contributed by atoms with Gasteiger partial charge >= 0.3 is 0 Å². The SMILES string of the molecule is CCCc1nc(-c2ccccc2Cl)no1. The van der Waals surface area contributed by atoms with Crippen molar-refractivity contribution in [3.8, 4) is 11.4 Å². The van der Waals surface area contributed by atoms with Gasteiger partial charge in [0.2, 0.25) is 11.7 Å². The minimum absolute atomic E-state index is 0.559. The molecule has 78 valence electrons. The first-order chi connectivity index (χ1) is 7.31. The lowest BCUT2D eigenvalue weighted by Gasteiger charge is -1.95. The van der Waals surface area contributed by atoms with Crippen molar-refractivity contribution in [1.29, 1.82) is 0 Å². The zero-order valence-electron chi connectivity index (χ0n) is 8.40. The number of hydrogen-bond acceptors (Lipinski definition) is 3. The van der Waals surface area contributed by atoms with Crippen molar-refractivity contribution in [2.45, 2.75) is 19.8 Å². The van der Waals surface area contributed by atoms with Gasteiger partial charge in [0.15, 0.2) is 0 Å². The monoisotopic (exact) mass is 222 g/mol. The molecule has 0 radical (unpaired) electrons. The molecule has 2 aromatic rings. The maximum atomic E-state index is 6.02. The zero-order chi connectivity index (χ0) is 10.7. The second-order valence-electron chi connectivity index (χ2n) is 3.24. The third-order valence-electron chi connectivity index (χ3n) is 2.05. The normalized spacial score (nSPS) is 10.5. The fraction of sp³-hybridized carbons (Fsp3) is 0.273. The van der Waals surface area contributed by atoms with Crippen LogP contribution < -0.4 is 0 Å². The number of benzene rings is 1. The molecule has 0 spiro atoms. The van der Waals surface area contributed by atoms with Crippen molar-refractivity contribution in [3.05, 3.63) is 35.2 Å². The van der Waals surface area contributed by atoms with Crippen LogP contribution in [-0.2, 0) is 6.42 Å². The number of hydrogen-bond donors (Lipinski definition) is 0. The average molecular weight is 223 g/mol. The Balaban J connectivity index is 2.33. The molecule has 0 aliphatic heterocycles. The highest BCUT2D eigenvalue weighted by molar-refractivity contribution is 6.33. The standard InChI is InChI=1S/C11H11ClN2O/c1-2-5-10-13-11(14-15-10)8-6-3-4-7-9(8)12/h3-4,6-7H,2,5H2,1H3. The molecule has 0 saturated carbocycles. The first kappa shape index (κ1) is 10.2. The van der Waals surface area contributed by atoms with Crippen LogP contribution in [0.4, 0.5) is 0 Å². The molecule has 0 atom stereocenters. The summed E-state index contributed by atoms with van der Waals surface area (Å²) in [4.78, 5) is 4.27. The van der Waals surface area contributed by atoms with Gasteiger partial charge in [0.1, 0.15) is 0 Å². The van der Waals surface area contributed by atoms with E-state index in [1.54, 1.807) is 0 Å².